The van der Waals surface area contributed by atoms with E-state index in [0.717, 1.165) is 12.0 Å². The smallest absolute Gasteiger partial charge is 0.307 e. The van der Waals surface area contributed by atoms with Crippen molar-refractivity contribution in [3.8, 4) is 0 Å². The lowest BCUT2D eigenvalue weighted by Crippen LogP contribution is -2.36. The molecule has 26 heavy (non-hydrogen) atoms. The van der Waals surface area contributed by atoms with E-state index in [1.165, 1.54) is 0 Å². The number of carboxylic acid groups (broad SMARTS) is 1. The first-order valence-electron chi connectivity index (χ1n) is 8.52. The van der Waals surface area contributed by atoms with Crippen molar-refractivity contribution < 1.29 is 14.7 Å². The lowest BCUT2D eigenvalue weighted by Gasteiger charge is -2.23. The van der Waals surface area contributed by atoms with Crippen LogP contribution in [0.3, 0.4) is 0 Å². The zero-order valence-electron chi connectivity index (χ0n) is 13.9. The van der Waals surface area contributed by atoms with Gasteiger partial charge in [-0.25, -0.2) is 0 Å². The fourth-order valence-corrected chi connectivity index (χ4v) is 4.24. The minimum atomic E-state index is -0.911. The highest BCUT2D eigenvalue weighted by atomic mass is 35.5. The average molecular weight is 372 g/mol. The maximum atomic E-state index is 12.7. The summed E-state index contributed by atoms with van der Waals surface area (Å²) in [5.41, 5.74) is 0.930. The molecule has 0 aliphatic heterocycles. The second-order valence-electron chi connectivity index (χ2n) is 6.82. The molecule has 0 radical (unpaired) electrons. The fourth-order valence-electron chi connectivity index (χ4n) is 4.04. The second kappa shape index (κ2) is 6.61. The number of carboxylic acids is 1. The molecule has 2 bridgehead atoms. The van der Waals surface area contributed by atoms with Gasteiger partial charge < -0.3 is 10.4 Å². The molecule has 2 N–H and O–H groups in total. The topological polar surface area (TPSA) is 84.2 Å². The minimum absolute atomic E-state index is 0.00805. The van der Waals surface area contributed by atoms with E-state index in [4.69, 9.17) is 11.6 Å². The van der Waals surface area contributed by atoms with Gasteiger partial charge in [0.1, 0.15) is 0 Å². The van der Waals surface area contributed by atoms with Crippen molar-refractivity contribution in [3.63, 3.8) is 0 Å². The monoisotopic (exact) mass is 371 g/mol. The van der Waals surface area contributed by atoms with E-state index in [2.05, 4.69) is 10.4 Å². The number of nitrogens with one attached hydrogen (secondary N) is 1. The molecule has 1 fully saturated rings. The summed E-state index contributed by atoms with van der Waals surface area (Å²) < 4.78 is 1.69. The van der Waals surface area contributed by atoms with Crippen molar-refractivity contribution in [1.29, 1.82) is 0 Å². The number of halogens is 1. The van der Waals surface area contributed by atoms with Gasteiger partial charge in [-0.2, -0.15) is 5.10 Å². The number of hydrogen-bond acceptors (Lipinski definition) is 3. The van der Waals surface area contributed by atoms with Crippen molar-refractivity contribution >= 4 is 29.3 Å². The Morgan fingerprint density at radius 1 is 1.19 bits per heavy atom. The highest BCUT2D eigenvalue weighted by molar-refractivity contribution is 6.31. The van der Waals surface area contributed by atoms with Gasteiger partial charge >= 0.3 is 5.97 Å². The standard InChI is InChI=1S/C19H18ClN3O3/c20-14-4-2-1-3-13(14)10-23-8-7-15(22-23)21-18(24)16-11-5-6-12(9-11)17(16)19(25)26/h1-8,11-12,16-17H,9-10H2,(H,25,26)(H,21,22,24)/t11-,12-,16+,17-/m0/s1. The summed E-state index contributed by atoms with van der Waals surface area (Å²) in [5.74, 6) is -2.04. The Morgan fingerprint density at radius 2 is 1.92 bits per heavy atom. The first-order chi connectivity index (χ1) is 12.5. The number of aromatic nitrogens is 2. The molecule has 0 saturated heterocycles. The van der Waals surface area contributed by atoms with Crippen LogP contribution in [0.1, 0.15) is 12.0 Å². The van der Waals surface area contributed by atoms with Gasteiger partial charge in [-0.1, -0.05) is 42.0 Å². The molecule has 6 nitrogen and oxygen atoms in total. The zero-order chi connectivity index (χ0) is 18.3. The summed E-state index contributed by atoms with van der Waals surface area (Å²) in [6.45, 7) is 0.490. The Labute approximate surface area is 155 Å². The third-order valence-electron chi connectivity index (χ3n) is 5.23. The SMILES string of the molecule is O=C(O)[C@@H]1[C@H](C(=O)Nc2ccn(Cc3ccccc3Cl)n2)[C@H]2C=C[C@H]1C2. The van der Waals surface area contributed by atoms with Gasteiger partial charge in [0.05, 0.1) is 18.4 Å². The fraction of sp³-hybridized carbons (Fsp3) is 0.316. The second-order valence-corrected chi connectivity index (χ2v) is 7.22. The van der Waals surface area contributed by atoms with Crippen molar-refractivity contribution in [2.75, 3.05) is 5.32 Å². The van der Waals surface area contributed by atoms with E-state index < -0.39 is 17.8 Å². The number of benzene rings is 1. The van der Waals surface area contributed by atoms with Crippen LogP contribution in [-0.4, -0.2) is 26.8 Å². The summed E-state index contributed by atoms with van der Waals surface area (Å²) in [5, 5.41) is 17.3. The Bertz CT molecular complexity index is 892. The van der Waals surface area contributed by atoms with E-state index in [9.17, 15) is 14.7 Å². The maximum Gasteiger partial charge on any atom is 0.307 e. The maximum absolute atomic E-state index is 12.7. The normalized spacial score (nSPS) is 26.2. The number of fused-ring (bicyclic) bond motifs is 2. The van der Waals surface area contributed by atoms with Crippen molar-refractivity contribution in [1.82, 2.24) is 9.78 Å². The van der Waals surface area contributed by atoms with Crippen LogP contribution in [0.5, 0.6) is 0 Å². The molecule has 1 heterocycles. The molecule has 1 amide bonds. The number of carbonyl (C=O) groups is 2. The molecule has 0 unspecified atom stereocenters. The van der Waals surface area contributed by atoms with Crippen LogP contribution in [0.15, 0.2) is 48.7 Å². The highest BCUT2D eigenvalue weighted by Gasteiger charge is 2.51. The molecule has 134 valence electrons. The van der Waals surface area contributed by atoms with Crippen molar-refractivity contribution in [3.05, 3.63) is 59.3 Å². The molecule has 7 heteroatoms. The third-order valence-corrected chi connectivity index (χ3v) is 5.60. The Morgan fingerprint density at radius 3 is 2.65 bits per heavy atom. The van der Waals surface area contributed by atoms with Crippen LogP contribution < -0.4 is 5.32 Å². The van der Waals surface area contributed by atoms with Crippen molar-refractivity contribution in [2.45, 2.75) is 13.0 Å². The minimum Gasteiger partial charge on any atom is -0.481 e. The molecule has 2 aromatic rings. The molecule has 1 aromatic heterocycles. The summed E-state index contributed by atoms with van der Waals surface area (Å²) in [6, 6.07) is 9.21. The Balaban J connectivity index is 1.46. The average Bonchev–Trinajstić information content (AvgIpc) is 3.32. The predicted molar refractivity (Wildman–Crippen MR) is 96.8 cm³/mol. The van der Waals surface area contributed by atoms with Crippen LogP contribution in [0.2, 0.25) is 5.02 Å². The number of amides is 1. The first-order valence-corrected chi connectivity index (χ1v) is 8.89. The van der Waals surface area contributed by atoms with Gasteiger partial charge in [0.25, 0.3) is 0 Å². The van der Waals surface area contributed by atoms with Gasteiger partial charge in [-0.3, -0.25) is 14.3 Å². The van der Waals surface area contributed by atoms with Crippen LogP contribution >= 0.6 is 11.6 Å². The van der Waals surface area contributed by atoms with E-state index in [1.807, 2.05) is 36.4 Å². The highest BCUT2D eigenvalue weighted by Crippen LogP contribution is 2.48. The number of rotatable bonds is 5. The number of carbonyl (C=O) groups excluding carboxylic acids is 1. The van der Waals surface area contributed by atoms with Gasteiger partial charge in [0.2, 0.25) is 5.91 Å². The number of allylic oxidation sites excluding steroid dienone is 2. The van der Waals surface area contributed by atoms with Crippen molar-refractivity contribution in [2.24, 2.45) is 23.7 Å². The molecule has 1 aromatic carbocycles. The Kier molecular flexibility index (Phi) is 4.28. The number of anilines is 1. The van der Waals surface area contributed by atoms with Crippen LogP contribution in [0.25, 0.3) is 0 Å². The molecule has 4 atom stereocenters. The first kappa shape index (κ1) is 16.8. The molecular weight excluding hydrogens is 354 g/mol. The summed E-state index contributed by atoms with van der Waals surface area (Å²) in [4.78, 5) is 24.2. The molecular formula is C19H18ClN3O3. The summed E-state index contributed by atoms with van der Waals surface area (Å²) in [7, 11) is 0. The van der Waals surface area contributed by atoms with Gasteiger partial charge in [0, 0.05) is 17.3 Å². The van der Waals surface area contributed by atoms with E-state index in [-0.39, 0.29) is 17.7 Å². The molecule has 1 saturated carbocycles. The van der Waals surface area contributed by atoms with E-state index >= 15 is 0 Å². The van der Waals surface area contributed by atoms with E-state index in [0.29, 0.717) is 17.4 Å². The van der Waals surface area contributed by atoms with Gasteiger partial charge in [0.15, 0.2) is 5.82 Å². The molecule has 2 aliphatic rings. The van der Waals surface area contributed by atoms with E-state index in [1.54, 1.807) is 16.9 Å². The zero-order valence-corrected chi connectivity index (χ0v) is 14.6. The lowest BCUT2D eigenvalue weighted by atomic mass is 9.82. The number of nitrogens with zero attached hydrogens (tertiary/aromatic N) is 2. The van der Waals surface area contributed by atoms with Crippen LogP contribution in [0, 0.1) is 23.7 Å². The molecule has 2 aliphatic carbocycles. The quantitative estimate of drug-likeness (QED) is 0.791. The lowest BCUT2D eigenvalue weighted by molar-refractivity contribution is -0.146. The predicted octanol–water partition coefficient (Wildman–Crippen LogP) is 3.05. The largest absolute Gasteiger partial charge is 0.481 e. The third kappa shape index (κ3) is 3.01. The van der Waals surface area contributed by atoms with Crippen LogP contribution in [-0.2, 0) is 16.1 Å². The Hall–Kier alpha value is -2.60. The summed E-state index contributed by atoms with van der Waals surface area (Å²) in [6.07, 6.45) is 6.38. The molecule has 4 rings (SSSR count). The van der Waals surface area contributed by atoms with Gasteiger partial charge in [-0.05, 0) is 29.9 Å². The van der Waals surface area contributed by atoms with Gasteiger partial charge in [-0.15, -0.1) is 0 Å². The number of aliphatic carboxylic acids is 1. The molecule has 0 spiro atoms. The van der Waals surface area contributed by atoms with Crippen LogP contribution in [0.4, 0.5) is 5.82 Å². The number of hydrogen-bond donors (Lipinski definition) is 2. The summed E-state index contributed by atoms with van der Waals surface area (Å²) >= 11 is 6.16.